The zero-order chi connectivity index (χ0) is 74.6. The van der Waals surface area contributed by atoms with E-state index in [4.69, 9.17) is 37.0 Å². The first-order valence-corrected chi connectivity index (χ1v) is 43.1. The minimum atomic E-state index is -4.99. The monoisotopic (exact) mass is 1470 g/mol. The zero-order valence-electron chi connectivity index (χ0n) is 64.3. The lowest BCUT2D eigenvalue weighted by molar-refractivity contribution is -0.161. The molecule has 19 heteroatoms. The maximum Gasteiger partial charge on any atom is 0.472 e. The lowest BCUT2D eigenvalue weighted by atomic mass is 10.1. The lowest BCUT2D eigenvalue weighted by Crippen LogP contribution is -2.30. The number of ether oxygens (including phenoxy) is 4. The largest absolute Gasteiger partial charge is 0.472 e. The zero-order valence-corrected chi connectivity index (χ0v) is 66.0. The predicted molar refractivity (Wildman–Crippen MR) is 418 cm³/mol. The van der Waals surface area contributed by atoms with Crippen LogP contribution in [0.2, 0.25) is 0 Å². The fourth-order valence-electron chi connectivity index (χ4n) is 10.5. The van der Waals surface area contributed by atoms with Crippen LogP contribution in [-0.2, 0) is 65.4 Å². The van der Waals surface area contributed by atoms with E-state index in [2.05, 4.69) is 125 Å². The van der Waals surface area contributed by atoms with Gasteiger partial charge in [-0.05, 0) is 154 Å². The van der Waals surface area contributed by atoms with Crippen LogP contribution < -0.4 is 0 Å². The highest BCUT2D eigenvalue weighted by molar-refractivity contribution is 7.47. The summed E-state index contributed by atoms with van der Waals surface area (Å²) in [6.45, 7) is 4.71. The van der Waals surface area contributed by atoms with Gasteiger partial charge in [0.2, 0.25) is 0 Å². The molecule has 0 heterocycles. The van der Waals surface area contributed by atoms with Crippen molar-refractivity contribution in [1.82, 2.24) is 0 Å². The summed E-state index contributed by atoms with van der Waals surface area (Å²) in [6, 6.07) is 0. The summed E-state index contributed by atoms with van der Waals surface area (Å²) in [7, 11) is -9.98. The first kappa shape index (κ1) is 97.7. The summed E-state index contributed by atoms with van der Waals surface area (Å²) in [5, 5.41) is 10.6. The van der Waals surface area contributed by atoms with Crippen molar-refractivity contribution in [3.63, 3.8) is 0 Å². The fraction of sp³-hybridized carbons (Fsp3) is 0.735. The lowest BCUT2D eigenvalue weighted by Gasteiger charge is -2.21. The summed E-state index contributed by atoms with van der Waals surface area (Å²) in [6.07, 6.45) is 80.7. The number of phosphoric ester groups is 2. The number of hydrogen-bond donors (Lipinski definition) is 3. The van der Waals surface area contributed by atoms with Crippen molar-refractivity contribution >= 4 is 39.5 Å². The Balaban J connectivity index is 5.44. The van der Waals surface area contributed by atoms with Crippen LogP contribution in [0.15, 0.2) is 109 Å². The van der Waals surface area contributed by atoms with Crippen LogP contribution >= 0.6 is 15.6 Å². The average Bonchev–Trinajstić information content (AvgIpc) is 0.917. The van der Waals surface area contributed by atoms with E-state index < -0.39 is 97.5 Å². The number of rotatable bonds is 75. The van der Waals surface area contributed by atoms with Gasteiger partial charge in [-0.1, -0.05) is 265 Å². The molecule has 2 unspecified atom stereocenters. The molecule has 0 aliphatic carbocycles. The summed E-state index contributed by atoms with van der Waals surface area (Å²) in [5.41, 5.74) is 0. The molecule has 0 rings (SSSR count). The van der Waals surface area contributed by atoms with Gasteiger partial charge in [0.05, 0.1) is 26.4 Å². The van der Waals surface area contributed by atoms with Gasteiger partial charge in [0.15, 0.2) is 12.2 Å². The number of aliphatic hydroxyl groups is 1. The molecule has 0 spiro atoms. The summed E-state index contributed by atoms with van der Waals surface area (Å²) >= 11 is 0. The predicted octanol–water partition coefficient (Wildman–Crippen LogP) is 23.3. The van der Waals surface area contributed by atoms with E-state index in [1.807, 2.05) is 12.2 Å². The van der Waals surface area contributed by atoms with Crippen molar-refractivity contribution < 1.29 is 80.2 Å². The van der Waals surface area contributed by atoms with Crippen LogP contribution in [0.1, 0.15) is 336 Å². The molecule has 0 aromatic carbocycles. The molecule has 0 saturated heterocycles. The van der Waals surface area contributed by atoms with Gasteiger partial charge in [-0.25, -0.2) is 9.13 Å². The normalized spacial score (nSPS) is 14.5. The van der Waals surface area contributed by atoms with Gasteiger partial charge in [0, 0.05) is 25.7 Å². The van der Waals surface area contributed by atoms with Gasteiger partial charge in [0.25, 0.3) is 0 Å². The molecular formula is C83H144O17P2. The molecular weight excluding hydrogens is 1330 g/mol. The first-order chi connectivity index (χ1) is 49.7. The van der Waals surface area contributed by atoms with Crippen LogP contribution in [0.3, 0.4) is 0 Å². The van der Waals surface area contributed by atoms with E-state index in [9.17, 15) is 43.2 Å². The van der Waals surface area contributed by atoms with Crippen molar-refractivity contribution in [2.45, 2.75) is 354 Å². The topological polar surface area (TPSA) is 237 Å². The molecule has 0 aliphatic rings. The number of allylic oxidation sites excluding steroid dienone is 18. The third-order valence-corrected chi connectivity index (χ3v) is 18.6. The third-order valence-electron chi connectivity index (χ3n) is 16.7. The number of aliphatic hydroxyl groups excluding tert-OH is 1. The number of hydrogen-bond acceptors (Lipinski definition) is 15. The van der Waals surface area contributed by atoms with Gasteiger partial charge in [-0.2, -0.15) is 0 Å². The minimum absolute atomic E-state index is 0.0166. The average molecular weight is 1480 g/mol. The molecule has 3 N–H and O–H groups in total. The van der Waals surface area contributed by atoms with Crippen molar-refractivity contribution in [3.05, 3.63) is 109 Å². The fourth-order valence-corrected chi connectivity index (χ4v) is 12.1. The number of esters is 4. The third kappa shape index (κ3) is 74.0. The van der Waals surface area contributed by atoms with Crippen molar-refractivity contribution in [1.29, 1.82) is 0 Å². The Kier molecular flexibility index (Phi) is 71.8. The Morgan fingerprint density at radius 1 is 0.275 bits per heavy atom. The molecule has 102 heavy (non-hydrogen) atoms. The summed E-state index contributed by atoms with van der Waals surface area (Å²) in [4.78, 5) is 73.0. The van der Waals surface area contributed by atoms with Crippen LogP contribution in [0.5, 0.6) is 0 Å². The SMILES string of the molecule is CCCCC/C=C\C/C=C\C/C=C\C/C=C\CCCC(=O)O[C@H](COC(=O)CCCCCCC/C=C\CCCCCCCC)COP(=O)(O)OC[C@H](O)COP(=O)(O)OC[C@@H](COC(=O)CCCCCCC/C=C\C/C=C\CCCCC)OC(=O)CCCCCCC/C=C\C/C=C\CCCCC. The van der Waals surface area contributed by atoms with E-state index in [0.717, 1.165) is 154 Å². The second-order valence-corrected chi connectivity index (χ2v) is 29.5. The van der Waals surface area contributed by atoms with Crippen molar-refractivity contribution in [3.8, 4) is 0 Å². The van der Waals surface area contributed by atoms with Gasteiger partial charge in [-0.3, -0.25) is 37.3 Å². The van der Waals surface area contributed by atoms with Crippen molar-refractivity contribution in [2.24, 2.45) is 0 Å². The molecule has 588 valence electrons. The molecule has 0 aliphatic heterocycles. The smallest absolute Gasteiger partial charge is 0.462 e. The Morgan fingerprint density at radius 3 is 0.804 bits per heavy atom. The maximum atomic E-state index is 13.1. The van der Waals surface area contributed by atoms with Gasteiger partial charge in [0.1, 0.15) is 19.3 Å². The Hall–Kier alpha value is -4.28. The highest BCUT2D eigenvalue weighted by Crippen LogP contribution is 2.45. The maximum absolute atomic E-state index is 13.1. The molecule has 17 nitrogen and oxygen atoms in total. The summed E-state index contributed by atoms with van der Waals surface area (Å²) < 4.78 is 68.5. The molecule has 0 aromatic rings. The molecule has 0 bridgehead atoms. The van der Waals surface area contributed by atoms with Crippen LogP contribution in [0.25, 0.3) is 0 Å². The van der Waals surface area contributed by atoms with Crippen LogP contribution in [0.4, 0.5) is 0 Å². The molecule has 5 atom stereocenters. The number of carbonyl (C=O) groups is 4. The molecule has 0 amide bonds. The van der Waals surface area contributed by atoms with E-state index in [1.165, 1.54) is 96.3 Å². The molecule has 0 radical (unpaired) electrons. The molecule has 0 aromatic heterocycles. The van der Waals surface area contributed by atoms with Gasteiger partial charge in [-0.15, -0.1) is 0 Å². The molecule has 0 saturated carbocycles. The van der Waals surface area contributed by atoms with E-state index in [0.29, 0.717) is 32.1 Å². The highest BCUT2D eigenvalue weighted by atomic mass is 31.2. The summed E-state index contributed by atoms with van der Waals surface area (Å²) in [5.74, 6) is -2.27. The van der Waals surface area contributed by atoms with Crippen molar-refractivity contribution in [2.75, 3.05) is 39.6 Å². The Bertz CT molecular complexity index is 2360. The van der Waals surface area contributed by atoms with Crippen LogP contribution in [-0.4, -0.2) is 96.7 Å². The molecule has 0 fully saturated rings. The van der Waals surface area contributed by atoms with Gasteiger partial charge >= 0.3 is 39.5 Å². The quantitative estimate of drug-likeness (QED) is 0.0169. The van der Waals surface area contributed by atoms with E-state index in [1.54, 1.807) is 0 Å². The minimum Gasteiger partial charge on any atom is -0.462 e. The number of phosphoric acid groups is 2. The Labute approximate surface area is 619 Å². The Morgan fingerprint density at radius 2 is 0.490 bits per heavy atom. The standard InChI is InChI=1S/C83H144O17P2/c1-5-9-13-17-21-25-29-33-37-38-42-46-50-54-58-62-66-70-83(88)100-79(74-94-81(86)68-64-60-56-52-48-44-40-35-31-27-23-19-15-11-7-3)76-98-102(91,92)96-72-77(84)71-95-101(89,90)97-75-78(99-82(87)69-65-61-57-53-49-45-41-36-32-28-24-20-16-12-8-4)73-93-80(85)67-63-59-55-51-47-43-39-34-30-26-22-18-14-10-6-2/h21-22,24-26,28,33-37,39-42,46,54,58,77-79,84H,5-20,23,27,29-32,38,43-45,47-53,55-57,59-76H2,1-4H3,(H,89,90)(H,91,92)/b25-21-,26-22-,28-24-,37-33-,39-34-,40-35-,41-36-,46-42-,58-54-/t77-,78-,79-/m1/s1. The van der Waals surface area contributed by atoms with Gasteiger partial charge < -0.3 is 33.8 Å². The second-order valence-electron chi connectivity index (χ2n) is 26.6. The second kappa shape index (κ2) is 75.0. The van der Waals surface area contributed by atoms with Crippen LogP contribution in [0, 0.1) is 0 Å². The highest BCUT2D eigenvalue weighted by Gasteiger charge is 2.30. The number of carbonyl (C=O) groups excluding carboxylic acids is 4. The van der Waals surface area contributed by atoms with E-state index >= 15 is 0 Å². The first-order valence-electron chi connectivity index (χ1n) is 40.1. The van der Waals surface area contributed by atoms with E-state index in [-0.39, 0.29) is 25.7 Å². The number of unbranched alkanes of at least 4 members (excludes halogenated alkanes) is 31.